The van der Waals surface area contributed by atoms with Gasteiger partial charge in [-0.05, 0) is 37.5 Å². The molecule has 1 saturated carbocycles. The Balaban J connectivity index is 2.05. The Hall–Kier alpha value is -0.740. The van der Waals surface area contributed by atoms with Crippen LogP contribution in [0.3, 0.4) is 0 Å². The minimum absolute atomic E-state index is 0.111. The van der Waals surface area contributed by atoms with Crippen LogP contribution in [0, 0.1) is 5.92 Å². The molecule has 1 aromatic rings. The van der Waals surface area contributed by atoms with Crippen molar-refractivity contribution >= 4 is 11.6 Å². The molecule has 3 atom stereocenters. The number of hydrogen-bond acceptors (Lipinski definition) is 1. The van der Waals surface area contributed by atoms with E-state index in [0.29, 0.717) is 17.9 Å². The Morgan fingerprint density at radius 1 is 1.15 bits per heavy atom. The molecule has 0 heterocycles. The van der Waals surface area contributed by atoms with Crippen LogP contribution in [-0.2, 0) is 0 Å². The SMILES string of the molecule is CC(NC1CCCCC1C(F)(F)F)c1ccc(Cl)cc1. The van der Waals surface area contributed by atoms with Gasteiger partial charge in [0.05, 0.1) is 5.92 Å². The van der Waals surface area contributed by atoms with Crippen LogP contribution in [0.1, 0.15) is 44.2 Å². The maximum Gasteiger partial charge on any atom is 0.393 e. The van der Waals surface area contributed by atoms with Gasteiger partial charge in [0.1, 0.15) is 0 Å². The maximum absolute atomic E-state index is 13.0. The predicted octanol–water partition coefficient (Wildman–Crippen LogP) is 5.11. The van der Waals surface area contributed by atoms with Crippen molar-refractivity contribution in [2.24, 2.45) is 5.92 Å². The zero-order chi connectivity index (χ0) is 14.8. The predicted molar refractivity (Wildman–Crippen MR) is 74.8 cm³/mol. The maximum atomic E-state index is 13.0. The second-order valence-corrected chi connectivity index (χ2v) is 5.92. The summed E-state index contributed by atoms with van der Waals surface area (Å²) in [5.41, 5.74) is 0.959. The molecule has 20 heavy (non-hydrogen) atoms. The average molecular weight is 306 g/mol. The highest BCUT2D eigenvalue weighted by Gasteiger charge is 2.45. The molecule has 0 aliphatic heterocycles. The molecule has 5 heteroatoms. The lowest BCUT2D eigenvalue weighted by atomic mass is 9.83. The summed E-state index contributed by atoms with van der Waals surface area (Å²) in [5.74, 6) is -1.23. The van der Waals surface area contributed by atoms with E-state index in [9.17, 15) is 13.2 Å². The van der Waals surface area contributed by atoms with Crippen molar-refractivity contribution in [3.05, 3.63) is 34.9 Å². The van der Waals surface area contributed by atoms with E-state index >= 15 is 0 Å². The molecule has 1 aromatic carbocycles. The number of hydrogen-bond donors (Lipinski definition) is 1. The summed E-state index contributed by atoms with van der Waals surface area (Å²) in [4.78, 5) is 0. The van der Waals surface area contributed by atoms with Gasteiger partial charge in [0.2, 0.25) is 0 Å². The summed E-state index contributed by atoms with van der Waals surface area (Å²) < 4.78 is 39.1. The molecular formula is C15H19ClF3N. The molecule has 0 radical (unpaired) electrons. The highest BCUT2D eigenvalue weighted by atomic mass is 35.5. The molecule has 3 unspecified atom stereocenters. The fourth-order valence-electron chi connectivity index (χ4n) is 2.89. The van der Waals surface area contributed by atoms with Crippen molar-refractivity contribution < 1.29 is 13.2 Å². The summed E-state index contributed by atoms with van der Waals surface area (Å²) in [6.07, 6.45) is -1.77. The third-order valence-electron chi connectivity index (χ3n) is 4.02. The van der Waals surface area contributed by atoms with Crippen LogP contribution in [0.25, 0.3) is 0 Å². The van der Waals surface area contributed by atoms with E-state index in [-0.39, 0.29) is 12.5 Å². The summed E-state index contributed by atoms with van der Waals surface area (Å²) in [6, 6.07) is 6.63. The molecule has 0 aromatic heterocycles. The molecule has 0 bridgehead atoms. The van der Waals surface area contributed by atoms with E-state index < -0.39 is 18.1 Å². The van der Waals surface area contributed by atoms with E-state index in [1.54, 1.807) is 12.1 Å². The van der Waals surface area contributed by atoms with Gasteiger partial charge in [0.15, 0.2) is 0 Å². The van der Waals surface area contributed by atoms with Gasteiger partial charge in [0.25, 0.3) is 0 Å². The Bertz CT molecular complexity index is 430. The molecule has 1 fully saturated rings. The quantitative estimate of drug-likeness (QED) is 0.818. The Morgan fingerprint density at radius 2 is 1.75 bits per heavy atom. The molecule has 1 aliphatic rings. The van der Waals surface area contributed by atoms with Gasteiger partial charge >= 0.3 is 6.18 Å². The van der Waals surface area contributed by atoms with E-state index in [1.165, 1.54) is 0 Å². The smallest absolute Gasteiger partial charge is 0.307 e. The first-order valence-corrected chi connectivity index (χ1v) is 7.34. The van der Waals surface area contributed by atoms with Crippen molar-refractivity contribution in [3.8, 4) is 0 Å². The molecule has 0 amide bonds. The van der Waals surface area contributed by atoms with Crippen LogP contribution in [0.4, 0.5) is 13.2 Å². The average Bonchev–Trinajstić information content (AvgIpc) is 2.38. The monoisotopic (exact) mass is 305 g/mol. The van der Waals surface area contributed by atoms with Crippen LogP contribution in [0.2, 0.25) is 5.02 Å². The second kappa shape index (κ2) is 6.35. The number of rotatable bonds is 3. The first-order chi connectivity index (χ1) is 9.38. The van der Waals surface area contributed by atoms with E-state index in [1.807, 2.05) is 19.1 Å². The number of benzene rings is 1. The summed E-state index contributed by atoms with van der Waals surface area (Å²) >= 11 is 5.82. The van der Waals surface area contributed by atoms with Crippen LogP contribution >= 0.6 is 11.6 Å². The Labute approximate surface area is 122 Å². The van der Waals surface area contributed by atoms with Gasteiger partial charge < -0.3 is 5.32 Å². The molecule has 112 valence electrons. The molecule has 1 nitrogen and oxygen atoms in total. The van der Waals surface area contributed by atoms with E-state index in [2.05, 4.69) is 5.32 Å². The van der Waals surface area contributed by atoms with Gasteiger partial charge in [-0.15, -0.1) is 0 Å². The lowest BCUT2D eigenvalue weighted by molar-refractivity contribution is -0.189. The van der Waals surface area contributed by atoms with Crippen molar-refractivity contribution in [3.63, 3.8) is 0 Å². The number of nitrogens with one attached hydrogen (secondary N) is 1. The summed E-state index contributed by atoms with van der Waals surface area (Å²) in [5, 5.41) is 3.78. The standard InChI is InChI=1S/C15H19ClF3N/c1-10(11-6-8-12(16)9-7-11)20-14-5-3-2-4-13(14)15(17,18)19/h6-10,13-14,20H,2-5H2,1H3. The zero-order valence-corrected chi connectivity index (χ0v) is 12.1. The minimum Gasteiger partial charge on any atom is -0.307 e. The molecule has 0 saturated heterocycles. The second-order valence-electron chi connectivity index (χ2n) is 5.48. The van der Waals surface area contributed by atoms with E-state index in [4.69, 9.17) is 11.6 Å². The molecule has 1 N–H and O–H groups in total. The molecule has 1 aliphatic carbocycles. The lowest BCUT2D eigenvalue weighted by Crippen LogP contribution is -2.46. The van der Waals surface area contributed by atoms with Gasteiger partial charge in [0, 0.05) is 17.1 Å². The summed E-state index contributed by atoms with van der Waals surface area (Å²) in [7, 11) is 0. The number of alkyl halides is 3. The van der Waals surface area contributed by atoms with Crippen molar-refractivity contribution in [2.45, 2.75) is 50.9 Å². The van der Waals surface area contributed by atoms with E-state index in [0.717, 1.165) is 12.0 Å². The van der Waals surface area contributed by atoms with Gasteiger partial charge in [-0.1, -0.05) is 36.6 Å². The first kappa shape index (κ1) is 15.6. The lowest BCUT2D eigenvalue weighted by Gasteiger charge is -2.35. The van der Waals surface area contributed by atoms with Crippen LogP contribution in [0.15, 0.2) is 24.3 Å². The van der Waals surface area contributed by atoms with Gasteiger partial charge in [-0.25, -0.2) is 0 Å². The fraction of sp³-hybridized carbons (Fsp3) is 0.600. The van der Waals surface area contributed by atoms with Crippen LogP contribution in [0.5, 0.6) is 0 Å². The van der Waals surface area contributed by atoms with Crippen molar-refractivity contribution in [1.82, 2.24) is 5.32 Å². The normalized spacial score (nSPS) is 25.4. The molecular weight excluding hydrogens is 287 g/mol. The highest BCUT2D eigenvalue weighted by Crippen LogP contribution is 2.38. The molecule has 0 spiro atoms. The highest BCUT2D eigenvalue weighted by molar-refractivity contribution is 6.30. The van der Waals surface area contributed by atoms with Gasteiger partial charge in [-0.3, -0.25) is 0 Å². The van der Waals surface area contributed by atoms with Gasteiger partial charge in [-0.2, -0.15) is 13.2 Å². The third-order valence-corrected chi connectivity index (χ3v) is 4.27. The molecule has 2 rings (SSSR count). The van der Waals surface area contributed by atoms with Crippen molar-refractivity contribution in [1.29, 1.82) is 0 Å². The van der Waals surface area contributed by atoms with Crippen LogP contribution in [-0.4, -0.2) is 12.2 Å². The number of halogens is 4. The summed E-state index contributed by atoms with van der Waals surface area (Å²) in [6.45, 7) is 1.89. The zero-order valence-electron chi connectivity index (χ0n) is 11.4. The largest absolute Gasteiger partial charge is 0.393 e. The first-order valence-electron chi connectivity index (χ1n) is 6.96. The fourth-order valence-corrected chi connectivity index (χ4v) is 3.02. The topological polar surface area (TPSA) is 12.0 Å². The van der Waals surface area contributed by atoms with Crippen LogP contribution < -0.4 is 5.32 Å². The van der Waals surface area contributed by atoms with Crippen molar-refractivity contribution in [2.75, 3.05) is 0 Å². The Morgan fingerprint density at radius 3 is 2.35 bits per heavy atom. The Kier molecular flexibility index (Phi) is 4.97. The third kappa shape index (κ3) is 3.89. The minimum atomic E-state index is -4.11.